The average Bonchev–Trinajstić information content (AvgIpc) is 2.87. The minimum absolute atomic E-state index is 0.0521. The Labute approximate surface area is 132 Å². The SMILES string of the molecule is FC(F)(F)c1cc(Cc2cc3ccccc3[nH]2)cc(C(F)(F)F)c1. The first-order valence-electron chi connectivity index (χ1n) is 6.98. The van der Waals surface area contributed by atoms with E-state index in [1.165, 1.54) is 0 Å². The fourth-order valence-corrected chi connectivity index (χ4v) is 2.57. The third-order valence-corrected chi connectivity index (χ3v) is 3.63. The van der Waals surface area contributed by atoms with Crippen LogP contribution in [0.1, 0.15) is 22.4 Å². The number of para-hydroxylation sites is 1. The van der Waals surface area contributed by atoms with Crippen molar-refractivity contribution in [3.8, 4) is 0 Å². The van der Waals surface area contributed by atoms with E-state index in [0.29, 0.717) is 5.69 Å². The molecule has 1 heterocycles. The van der Waals surface area contributed by atoms with Gasteiger partial charge in [0.2, 0.25) is 0 Å². The Kier molecular flexibility index (Phi) is 3.81. The van der Waals surface area contributed by atoms with Crippen LogP contribution in [0.5, 0.6) is 0 Å². The molecule has 3 aromatic rings. The molecular weight excluding hydrogens is 332 g/mol. The predicted octanol–water partition coefficient (Wildman–Crippen LogP) is 5.80. The smallest absolute Gasteiger partial charge is 0.358 e. The maximum absolute atomic E-state index is 12.9. The summed E-state index contributed by atoms with van der Waals surface area (Å²) in [5.41, 5.74) is -1.34. The summed E-state index contributed by atoms with van der Waals surface area (Å²) in [5.74, 6) is 0. The number of hydrogen-bond acceptors (Lipinski definition) is 0. The number of nitrogens with one attached hydrogen (secondary N) is 1. The van der Waals surface area contributed by atoms with Crippen molar-refractivity contribution in [3.05, 3.63) is 70.9 Å². The van der Waals surface area contributed by atoms with Gasteiger partial charge >= 0.3 is 12.4 Å². The van der Waals surface area contributed by atoms with Gasteiger partial charge in [-0.3, -0.25) is 0 Å². The van der Waals surface area contributed by atoms with E-state index in [1.807, 2.05) is 6.07 Å². The third kappa shape index (κ3) is 3.39. The third-order valence-electron chi connectivity index (χ3n) is 3.63. The van der Waals surface area contributed by atoms with Crippen molar-refractivity contribution in [2.75, 3.05) is 0 Å². The summed E-state index contributed by atoms with van der Waals surface area (Å²) in [4.78, 5) is 3.00. The van der Waals surface area contributed by atoms with Gasteiger partial charge in [0.1, 0.15) is 0 Å². The van der Waals surface area contributed by atoms with Crippen LogP contribution in [0.25, 0.3) is 10.9 Å². The predicted molar refractivity (Wildman–Crippen MR) is 77.6 cm³/mol. The molecule has 1 aromatic heterocycles. The van der Waals surface area contributed by atoms with Gasteiger partial charge in [0.25, 0.3) is 0 Å². The Hall–Kier alpha value is -2.44. The second kappa shape index (κ2) is 5.58. The largest absolute Gasteiger partial charge is 0.416 e. The van der Waals surface area contributed by atoms with Crippen molar-refractivity contribution in [1.29, 1.82) is 0 Å². The molecule has 126 valence electrons. The van der Waals surface area contributed by atoms with Crippen molar-refractivity contribution in [1.82, 2.24) is 4.98 Å². The molecule has 0 unspecified atom stereocenters. The van der Waals surface area contributed by atoms with Crippen molar-refractivity contribution in [2.45, 2.75) is 18.8 Å². The van der Waals surface area contributed by atoms with Gasteiger partial charge in [0, 0.05) is 17.6 Å². The highest BCUT2D eigenvalue weighted by Gasteiger charge is 2.36. The second-order valence-corrected chi connectivity index (χ2v) is 5.47. The summed E-state index contributed by atoms with van der Waals surface area (Å²) < 4.78 is 77.2. The molecule has 24 heavy (non-hydrogen) atoms. The molecule has 0 atom stereocenters. The van der Waals surface area contributed by atoms with Gasteiger partial charge < -0.3 is 4.98 Å². The van der Waals surface area contributed by atoms with E-state index in [0.717, 1.165) is 23.0 Å². The van der Waals surface area contributed by atoms with Crippen LogP contribution in [0.15, 0.2) is 48.5 Å². The molecule has 0 bridgehead atoms. The van der Waals surface area contributed by atoms with Crippen molar-refractivity contribution in [3.63, 3.8) is 0 Å². The van der Waals surface area contributed by atoms with E-state index in [2.05, 4.69) is 4.98 Å². The molecule has 0 saturated carbocycles. The highest BCUT2D eigenvalue weighted by molar-refractivity contribution is 5.80. The van der Waals surface area contributed by atoms with Crippen LogP contribution >= 0.6 is 0 Å². The molecule has 0 amide bonds. The van der Waals surface area contributed by atoms with Crippen LogP contribution in [0.2, 0.25) is 0 Å². The lowest BCUT2D eigenvalue weighted by Gasteiger charge is -2.14. The maximum Gasteiger partial charge on any atom is 0.416 e. The molecule has 3 rings (SSSR count). The van der Waals surface area contributed by atoms with E-state index in [9.17, 15) is 26.3 Å². The van der Waals surface area contributed by atoms with Crippen molar-refractivity contribution >= 4 is 10.9 Å². The quantitative estimate of drug-likeness (QED) is 0.566. The monoisotopic (exact) mass is 343 g/mol. The standard InChI is InChI=1S/C17H11F6N/c18-16(19,20)12-5-10(6-13(9-12)17(21,22)23)7-14-8-11-3-1-2-4-15(11)24-14/h1-6,8-9,24H,7H2. The van der Waals surface area contributed by atoms with Crippen molar-refractivity contribution in [2.24, 2.45) is 0 Å². The summed E-state index contributed by atoms with van der Waals surface area (Å²) in [6.45, 7) is 0. The maximum atomic E-state index is 12.9. The van der Waals surface area contributed by atoms with Gasteiger partial charge in [-0.15, -0.1) is 0 Å². The number of aromatic amines is 1. The number of alkyl halides is 6. The molecule has 0 fully saturated rings. The molecule has 0 aliphatic heterocycles. The highest BCUT2D eigenvalue weighted by atomic mass is 19.4. The van der Waals surface area contributed by atoms with E-state index < -0.39 is 23.5 Å². The molecule has 0 aliphatic carbocycles. The van der Waals surface area contributed by atoms with Crippen LogP contribution in [-0.2, 0) is 18.8 Å². The number of hydrogen-bond donors (Lipinski definition) is 1. The Morgan fingerprint density at radius 3 is 1.88 bits per heavy atom. The summed E-state index contributed by atoms with van der Waals surface area (Å²) in [7, 11) is 0. The minimum atomic E-state index is -4.84. The molecule has 1 nitrogen and oxygen atoms in total. The van der Waals surface area contributed by atoms with E-state index in [-0.39, 0.29) is 18.1 Å². The lowest BCUT2D eigenvalue weighted by Crippen LogP contribution is -2.12. The summed E-state index contributed by atoms with van der Waals surface area (Å²) in [6, 6.07) is 10.5. The van der Waals surface area contributed by atoms with Gasteiger partial charge in [0.05, 0.1) is 11.1 Å². The lowest BCUT2D eigenvalue weighted by atomic mass is 10.0. The zero-order chi connectivity index (χ0) is 17.5. The number of rotatable bonds is 2. The summed E-state index contributed by atoms with van der Waals surface area (Å²) in [6.07, 6.45) is -9.73. The molecule has 2 aromatic carbocycles. The normalized spacial score (nSPS) is 12.8. The second-order valence-electron chi connectivity index (χ2n) is 5.47. The summed E-state index contributed by atoms with van der Waals surface area (Å²) >= 11 is 0. The van der Waals surface area contributed by atoms with Crippen LogP contribution < -0.4 is 0 Å². The van der Waals surface area contributed by atoms with E-state index in [1.54, 1.807) is 24.3 Å². The molecule has 0 radical (unpaired) electrons. The van der Waals surface area contributed by atoms with Gasteiger partial charge in [-0.05, 0) is 41.3 Å². The first kappa shape index (κ1) is 16.4. The highest BCUT2D eigenvalue weighted by Crippen LogP contribution is 2.36. The zero-order valence-corrected chi connectivity index (χ0v) is 12.1. The van der Waals surface area contributed by atoms with Crippen LogP contribution in [0.4, 0.5) is 26.3 Å². The first-order chi connectivity index (χ1) is 11.1. The molecular formula is C17H11F6N. The summed E-state index contributed by atoms with van der Waals surface area (Å²) in [5, 5.41) is 0.843. The van der Waals surface area contributed by atoms with Crippen LogP contribution in [0, 0.1) is 0 Å². The Morgan fingerprint density at radius 1 is 0.750 bits per heavy atom. The van der Waals surface area contributed by atoms with Gasteiger partial charge in [-0.25, -0.2) is 0 Å². The van der Waals surface area contributed by atoms with Gasteiger partial charge in [0.15, 0.2) is 0 Å². The molecule has 0 spiro atoms. The first-order valence-corrected chi connectivity index (χ1v) is 6.98. The number of aromatic nitrogens is 1. The number of benzene rings is 2. The molecule has 0 aliphatic rings. The number of H-pyrrole nitrogens is 1. The fourth-order valence-electron chi connectivity index (χ4n) is 2.57. The molecule has 0 saturated heterocycles. The minimum Gasteiger partial charge on any atom is -0.358 e. The van der Waals surface area contributed by atoms with E-state index in [4.69, 9.17) is 0 Å². The topological polar surface area (TPSA) is 15.8 Å². The van der Waals surface area contributed by atoms with Crippen molar-refractivity contribution < 1.29 is 26.3 Å². The van der Waals surface area contributed by atoms with Gasteiger partial charge in [-0.2, -0.15) is 26.3 Å². The van der Waals surface area contributed by atoms with Gasteiger partial charge in [-0.1, -0.05) is 18.2 Å². The fraction of sp³-hybridized carbons (Fsp3) is 0.176. The van der Waals surface area contributed by atoms with Crippen LogP contribution in [-0.4, -0.2) is 4.98 Å². The lowest BCUT2D eigenvalue weighted by molar-refractivity contribution is -0.143. The average molecular weight is 343 g/mol. The molecule has 1 N–H and O–H groups in total. The molecule has 7 heteroatoms. The Balaban J connectivity index is 2.03. The van der Waals surface area contributed by atoms with E-state index >= 15 is 0 Å². The van der Waals surface area contributed by atoms with Crippen LogP contribution in [0.3, 0.4) is 0 Å². The Morgan fingerprint density at radius 2 is 1.33 bits per heavy atom. The Bertz CT molecular complexity index is 807. The number of halogens is 6. The number of fused-ring (bicyclic) bond motifs is 1. The zero-order valence-electron chi connectivity index (χ0n) is 12.1.